The van der Waals surface area contributed by atoms with Crippen LogP contribution in [-0.4, -0.2) is 49.3 Å². The van der Waals surface area contributed by atoms with Gasteiger partial charge >= 0.3 is 0 Å². The maximum absolute atomic E-state index is 4.41. The summed E-state index contributed by atoms with van der Waals surface area (Å²) in [5.41, 5.74) is 0.0628. The van der Waals surface area contributed by atoms with E-state index in [1.165, 1.54) is 0 Å². The van der Waals surface area contributed by atoms with E-state index >= 15 is 0 Å². The first-order valence-electron chi connectivity index (χ1n) is 5.81. The van der Waals surface area contributed by atoms with E-state index < -0.39 is 0 Å². The van der Waals surface area contributed by atoms with Crippen LogP contribution in [0.15, 0.2) is 0 Å². The monoisotopic (exact) mass is 265 g/mol. The first kappa shape index (κ1) is 16.6. The Morgan fingerprint density at radius 3 is 1.81 bits per heavy atom. The minimum absolute atomic E-state index is 0.0253. The highest BCUT2D eigenvalue weighted by molar-refractivity contribution is 7.80. The lowest BCUT2D eigenvalue weighted by Gasteiger charge is -2.36. The quantitative estimate of drug-likeness (QED) is 0.400. The van der Waals surface area contributed by atoms with Gasteiger partial charge in [-0.25, -0.2) is 0 Å². The van der Waals surface area contributed by atoms with E-state index in [1.54, 1.807) is 0 Å². The topological polar surface area (TPSA) is 36.1 Å². The Balaban J connectivity index is 4.26. The lowest BCUT2D eigenvalue weighted by Crippen LogP contribution is -2.59. The van der Waals surface area contributed by atoms with E-state index in [-0.39, 0.29) is 11.1 Å². The van der Waals surface area contributed by atoms with Crippen LogP contribution in [0, 0.1) is 0 Å². The first-order chi connectivity index (χ1) is 7.45. The zero-order chi connectivity index (χ0) is 12.7. The molecule has 3 N–H and O–H groups in total. The van der Waals surface area contributed by atoms with Crippen molar-refractivity contribution in [3.8, 4) is 0 Å². The summed E-state index contributed by atoms with van der Waals surface area (Å²) in [5.74, 6) is 1.62. The third-order valence-electron chi connectivity index (χ3n) is 2.77. The Kier molecular flexibility index (Phi) is 8.10. The van der Waals surface area contributed by atoms with Crippen molar-refractivity contribution < 1.29 is 0 Å². The van der Waals surface area contributed by atoms with Crippen molar-refractivity contribution in [2.24, 2.45) is 0 Å². The molecule has 0 aromatic heterocycles. The third-order valence-corrected chi connectivity index (χ3v) is 4.17. The highest BCUT2D eigenvalue weighted by Crippen LogP contribution is 2.10. The molecule has 0 fully saturated rings. The van der Waals surface area contributed by atoms with Crippen molar-refractivity contribution in [2.75, 3.05) is 38.2 Å². The van der Waals surface area contributed by atoms with Crippen LogP contribution >= 0.6 is 25.3 Å². The van der Waals surface area contributed by atoms with Crippen LogP contribution in [0.25, 0.3) is 0 Å². The van der Waals surface area contributed by atoms with Gasteiger partial charge in [0.15, 0.2) is 0 Å². The van der Waals surface area contributed by atoms with Gasteiger partial charge in [0.05, 0.1) is 0 Å². The second-order valence-electron chi connectivity index (χ2n) is 4.85. The molecular weight excluding hydrogens is 238 g/mol. The molecule has 0 spiro atoms. The highest BCUT2D eigenvalue weighted by atomic mass is 32.1. The summed E-state index contributed by atoms with van der Waals surface area (Å²) in [6.45, 7) is 9.25. The first-order valence-corrected chi connectivity index (χ1v) is 7.08. The van der Waals surface area contributed by atoms with E-state index in [9.17, 15) is 0 Å². The summed E-state index contributed by atoms with van der Waals surface area (Å²) >= 11 is 8.81. The fourth-order valence-electron chi connectivity index (χ4n) is 1.57. The average Bonchev–Trinajstić information content (AvgIpc) is 2.27. The minimum atomic E-state index is 0.0253. The lowest BCUT2D eigenvalue weighted by atomic mass is 10.0. The summed E-state index contributed by atoms with van der Waals surface area (Å²) < 4.78 is 0. The SMILES string of the molecule is CCN[C@](C)(CS)CN[C@@](C)(CS)CNC. The van der Waals surface area contributed by atoms with Crippen LogP contribution in [0.1, 0.15) is 20.8 Å². The zero-order valence-electron chi connectivity index (χ0n) is 10.9. The Bertz CT molecular complexity index is 172. The van der Waals surface area contributed by atoms with Crippen molar-refractivity contribution in [3.05, 3.63) is 0 Å². The highest BCUT2D eigenvalue weighted by Gasteiger charge is 2.27. The van der Waals surface area contributed by atoms with E-state index in [2.05, 4.69) is 62.0 Å². The Labute approximate surface area is 111 Å². The van der Waals surface area contributed by atoms with Crippen molar-refractivity contribution in [3.63, 3.8) is 0 Å². The largest absolute Gasteiger partial charge is 0.318 e. The van der Waals surface area contributed by atoms with Gasteiger partial charge in [-0.3, -0.25) is 0 Å². The standard InChI is InChI=1S/C11H27N3S2/c1-5-13-11(3,9-16)7-14-10(2,8-15)6-12-4/h12-16H,5-9H2,1-4H3/t10-,11+/m1/s1. The zero-order valence-corrected chi connectivity index (χ0v) is 12.7. The van der Waals surface area contributed by atoms with Gasteiger partial charge in [-0.05, 0) is 27.4 Å². The average molecular weight is 265 g/mol. The molecule has 0 aromatic carbocycles. The van der Waals surface area contributed by atoms with Gasteiger partial charge in [0.1, 0.15) is 0 Å². The summed E-state index contributed by atoms with van der Waals surface area (Å²) in [6, 6.07) is 0. The normalized spacial score (nSPS) is 19.1. The van der Waals surface area contributed by atoms with Crippen LogP contribution in [-0.2, 0) is 0 Å². The number of thiol groups is 2. The second-order valence-corrected chi connectivity index (χ2v) is 5.48. The molecule has 98 valence electrons. The number of hydrogen-bond acceptors (Lipinski definition) is 5. The summed E-state index contributed by atoms with van der Waals surface area (Å²) in [4.78, 5) is 0. The molecule has 0 saturated carbocycles. The lowest BCUT2D eigenvalue weighted by molar-refractivity contribution is 0.308. The Morgan fingerprint density at radius 2 is 1.44 bits per heavy atom. The molecule has 5 heteroatoms. The second kappa shape index (κ2) is 7.82. The molecule has 0 bridgehead atoms. The molecule has 0 aliphatic carbocycles. The van der Waals surface area contributed by atoms with Crippen LogP contribution in [0.4, 0.5) is 0 Å². The summed E-state index contributed by atoms with van der Waals surface area (Å²) in [7, 11) is 1.96. The predicted molar refractivity (Wildman–Crippen MR) is 80.1 cm³/mol. The molecule has 3 nitrogen and oxygen atoms in total. The maximum Gasteiger partial charge on any atom is 0.0366 e. The molecule has 16 heavy (non-hydrogen) atoms. The molecule has 2 atom stereocenters. The smallest absolute Gasteiger partial charge is 0.0366 e. The van der Waals surface area contributed by atoms with Crippen LogP contribution in [0.2, 0.25) is 0 Å². The van der Waals surface area contributed by atoms with E-state index in [1.807, 2.05) is 7.05 Å². The molecule has 0 amide bonds. The van der Waals surface area contributed by atoms with E-state index in [0.29, 0.717) is 0 Å². The Hall–Kier alpha value is 0.580. The van der Waals surface area contributed by atoms with Crippen LogP contribution in [0.5, 0.6) is 0 Å². The van der Waals surface area contributed by atoms with Gasteiger partial charge in [-0.2, -0.15) is 25.3 Å². The number of likely N-dealkylation sites (N-methyl/N-ethyl adjacent to an activating group) is 2. The van der Waals surface area contributed by atoms with Crippen molar-refractivity contribution in [1.82, 2.24) is 16.0 Å². The molecule has 0 aliphatic rings. The van der Waals surface area contributed by atoms with Crippen LogP contribution in [0.3, 0.4) is 0 Å². The molecule has 0 aliphatic heterocycles. The third kappa shape index (κ3) is 5.77. The molecule has 0 aromatic rings. The molecule has 0 heterocycles. The Morgan fingerprint density at radius 1 is 0.938 bits per heavy atom. The molecule has 0 unspecified atom stereocenters. The van der Waals surface area contributed by atoms with Gasteiger partial charge in [-0.1, -0.05) is 6.92 Å². The van der Waals surface area contributed by atoms with Gasteiger partial charge in [0.2, 0.25) is 0 Å². The van der Waals surface area contributed by atoms with E-state index in [0.717, 1.165) is 31.1 Å². The molecule has 0 saturated heterocycles. The molecule has 0 rings (SSSR count). The predicted octanol–water partition coefficient (Wildman–Crippen LogP) is 0.782. The van der Waals surface area contributed by atoms with Gasteiger partial charge < -0.3 is 16.0 Å². The number of rotatable bonds is 9. The van der Waals surface area contributed by atoms with Gasteiger partial charge in [0.25, 0.3) is 0 Å². The minimum Gasteiger partial charge on any atom is -0.318 e. The molecular formula is C11H27N3S2. The number of hydrogen-bond donors (Lipinski definition) is 5. The summed E-state index contributed by atoms with van der Waals surface area (Å²) in [5, 5.41) is 10.2. The van der Waals surface area contributed by atoms with Crippen molar-refractivity contribution in [1.29, 1.82) is 0 Å². The molecule has 0 radical (unpaired) electrons. The summed E-state index contributed by atoms with van der Waals surface area (Å²) in [6.07, 6.45) is 0. The number of nitrogens with one attached hydrogen (secondary N) is 3. The maximum atomic E-state index is 4.41. The van der Waals surface area contributed by atoms with E-state index in [4.69, 9.17) is 0 Å². The fourth-order valence-corrected chi connectivity index (χ4v) is 2.02. The van der Waals surface area contributed by atoms with Gasteiger partial charge in [-0.15, -0.1) is 0 Å². The fraction of sp³-hybridized carbons (Fsp3) is 1.00. The van der Waals surface area contributed by atoms with Crippen molar-refractivity contribution >= 4 is 25.3 Å². The van der Waals surface area contributed by atoms with Crippen LogP contribution < -0.4 is 16.0 Å². The van der Waals surface area contributed by atoms with Gasteiger partial charge in [0, 0.05) is 35.7 Å². The van der Waals surface area contributed by atoms with Crippen molar-refractivity contribution in [2.45, 2.75) is 31.8 Å².